The molecule has 2 heterocycles. The number of aromatic nitrogens is 2. The number of rotatable bonds is 8. The van der Waals surface area contributed by atoms with Crippen molar-refractivity contribution < 1.29 is 0 Å². The Hall–Kier alpha value is -1.78. The van der Waals surface area contributed by atoms with E-state index in [0.29, 0.717) is 0 Å². The van der Waals surface area contributed by atoms with Gasteiger partial charge in [0.2, 0.25) is 0 Å². The molecular weight excluding hydrogens is 236 g/mol. The molecular formula is C15H20N4. The van der Waals surface area contributed by atoms with Crippen LogP contribution in [0.5, 0.6) is 0 Å². The first-order valence-corrected chi connectivity index (χ1v) is 6.66. The summed E-state index contributed by atoms with van der Waals surface area (Å²) in [5.74, 6) is 0. The molecule has 0 aromatic carbocycles. The van der Waals surface area contributed by atoms with Crippen LogP contribution in [0.2, 0.25) is 0 Å². The highest BCUT2D eigenvalue weighted by molar-refractivity contribution is 5.03. The average Bonchev–Trinajstić information content (AvgIpc) is 2.48. The fourth-order valence-corrected chi connectivity index (χ4v) is 1.78. The molecule has 0 fully saturated rings. The summed E-state index contributed by atoms with van der Waals surface area (Å²) in [5.41, 5.74) is 2.17. The van der Waals surface area contributed by atoms with Crippen molar-refractivity contribution in [2.24, 2.45) is 0 Å². The van der Waals surface area contributed by atoms with Gasteiger partial charge in [-0.15, -0.1) is 0 Å². The maximum absolute atomic E-state index is 4.27. The van der Waals surface area contributed by atoms with Gasteiger partial charge in [-0.3, -0.25) is 9.97 Å². The lowest BCUT2D eigenvalue weighted by Gasteiger charge is -2.06. The third kappa shape index (κ3) is 5.59. The lowest BCUT2D eigenvalue weighted by atomic mass is 10.3. The van der Waals surface area contributed by atoms with Gasteiger partial charge >= 0.3 is 0 Å². The van der Waals surface area contributed by atoms with Crippen molar-refractivity contribution in [1.29, 1.82) is 0 Å². The number of hydrogen-bond donors (Lipinski definition) is 2. The molecule has 0 aliphatic rings. The Bertz CT molecular complexity index is 401. The van der Waals surface area contributed by atoms with E-state index in [1.165, 1.54) is 0 Å². The Morgan fingerprint density at radius 3 is 1.68 bits per heavy atom. The first kappa shape index (κ1) is 13.6. The Morgan fingerprint density at radius 2 is 1.26 bits per heavy atom. The molecule has 19 heavy (non-hydrogen) atoms. The van der Waals surface area contributed by atoms with Crippen molar-refractivity contribution in [3.05, 3.63) is 60.2 Å². The van der Waals surface area contributed by atoms with E-state index < -0.39 is 0 Å². The molecule has 4 heteroatoms. The monoisotopic (exact) mass is 256 g/mol. The second kappa shape index (κ2) is 8.34. The molecule has 0 radical (unpaired) electrons. The van der Waals surface area contributed by atoms with E-state index >= 15 is 0 Å². The summed E-state index contributed by atoms with van der Waals surface area (Å²) in [6, 6.07) is 12.0. The van der Waals surface area contributed by atoms with Crippen LogP contribution >= 0.6 is 0 Å². The first-order chi connectivity index (χ1) is 9.45. The van der Waals surface area contributed by atoms with Crippen LogP contribution < -0.4 is 10.6 Å². The Morgan fingerprint density at radius 1 is 0.737 bits per heavy atom. The third-order valence-electron chi connectivity index (χ3n) is 2.77. The number of nitrogens with one attached hydrogen (secondary N) is 2. The van der Waals surface area contributed by atoms with Crippen LogP contribution in [-0.4, -0.2) is 23.1 Å². The van der Waals surface area contributed by atoms with E-state index in [-0.39, 0.29) is 0 Å². The smallest absolute Gasteiger partial charge is 0.0541 e. The van der Waals surface area contributed by atoms with Crippen LogP contribution in [0.3, 0.4) is 0 Å². The van der Waals surface area contributed by atoms with Gasteiger partial charge in [0, 0.05) is 25.5 Å². The molecule has 2 N–H and O–H groups in total. The average molecular weight is 256 g/mol. The summed E-state index contributed by atoms with van der Waals surface area (Å²) in [5, 5.41) is 6.76. The molecule has 0 unspecified atom stereocenters. The van der Waals surface area contributed by atoms with Crippen molar-refractivity contribution in [2.75, 3.05) is 13.1 Å². The van der Waals surface area contributed by atoms with Gasteiger partial charge in [0.15, 0.2) is 0 Å². The SMILES string of the molecule is c1ccc(CNCCCNCc2ccccn2)nc1. The van der Waals surface area contributed by atoms with Gasteiger partial charge in [0.05, 0.1) is 11.4 Å². The molecule has 0 saturated heterocycles. The van der Waals surface area contributed by atoms with E-state index in [1.54, 1.807) is 0 Å². The summed E-state index contributed by atoms with van der Waals surface area (Å²) in [6.45, 7) is 3.65. The lowest BCUT2D eigenvalue weighted by Crippen LogP contribution is -2.22. The number of hydrogen-bond acceptors (Lipinski definition) is 4. The second-order valence-corrected chi connectivity index (χ2v) is 4.35. The predicted octanol–water partition coefficient (Wildman–Crippen LogP) is 1.75. The molecule has 0 aliphatic heterocycles. The molecule has 4 nitrogen and oxygen atoms in total. The van der Waals surface area contributed by atoms with Gasteiger partial charge in [0.25, 0.3) is 0 Å². The highest BCUT2D eigenvalue weighted by Crippen LogP contribution is 1.93. The van der Waals surface area contributed by atoms with Crippen molar-refractivity contribution in [2.45, 2.75) is 19.5 Å². The largest absolute Gasteiger partial charge is 0.311 e. The minimum atomic E-state index is 0.834. The van der Waals surface area contributed by atoms with Crippen molar-refractivity contribution in [3.8, 4) is 0 Å². The zero-order valence-corrected chi connectivity index (χ0v) is 11.0. The Kier molecular flexibility index (Phi) is 5.99. The lowest BCUT2D eigenvalue weighted by molar-refractivity contribution is 0.587. The molecule has 100 valence electrons. The van der Waals surface area contributed by atoms with Crippen LogP contribution in [0.15, 0.2) is 48.8 Å². The molecule has 0 saturated carbocycles. The fraction of sp³-hybridized carbons (Fsp3) is 0.333. The van der Waals surface area contributed by atoms with Gasteiger partial charge in [0.1, 0.15) is 0 Å². The van der Waals surface area contributed by atoms with E-state index in [0.717, 1.165) is 44.0 Å². The molecule has 2 rings (SSSR count). The molecule has 0 amide bonds. The highest BCUT2D eigenvalue weighted by atomic mass is 14.9. The molecule has 0 atom stereocenters. The van der Waals surface area contributed by atoms with Gasteiger partial charge < -0.3 is 10.6 Å². The second-order valence-electron chi connectivity index (χ2n) is 4.35. The minimum Gasteiger partial charge on any atom is -0.311 e. The minimum absolute atomic E-state index is 0.834. The van der Waals surface area contributed by atoms with Crippen LogP contribution in [0.4, 0.5) is 0 Å². The molecule has 2 aromatic heterocycles. The Labute approximate surface area is 114 Å². The van der Waals surface area contributed by atoms with Crippen molar-refractivity contribution in [3.63, 3.8) is 0 Å². The van der Waals surface area contributed by atoms with E-state index in [1.807, 2.05) is 48.8 Å². The van der Waals surface area contributed by atoms with E-state index in [2.05, 4.69) is 20.6 Å². The number of nitrogens with zero attached hydrogens (tertiary/aromatic N) is 2. The van der Waals surface area contributed by atoms with Crippen LogP contribution in [0.1, 0.15) is 17.8 Å². The standard InChI is InChI=1S/C15H20N4/c1-3-10-18-14(6-1)12-16-8-5-9-17-13-15-7-2-4-11-19-15/h1-4,6-7,10-11,16-17H,5,8-9,12-13H2. The predicted molar refractivity (Wildman–Crippen MR) is 76.5 cm³/mol. The number of pyridine rings is 2. The van der Waals surface area contributed by atoms with Crippen LogP contribution in [0, 0.1) is 0 Å². The zero-order chi connectivity index (χ0) is 13.2. The van der Waals surface area contributed by atoms with Crippen molar-refractivity contribution >= 4 is 0 Å². The summed E-state index contributed by atoms with van der Waals surface area (Å²) < 4.78 is 0. The maximum Gasteiger partial charge on any atom is 0.0541 e. The van der Waals surface area contributed by atoms with Crippen LogP contribution in [0.25, 0.3) is 0 Å². The van der Waals surface area contributed by atoms with E-state index in [4.69, 9.17) is 0 Å². The molecule has 0 bridgehead atoms. The Balaban J connectivity index is 1.49. The normalized spacial score (nSPS) is 10.5. The quantitative estimate of drug-likeness (QED) is 0.706. The highest BCUT2D eigenvalue weighted by Gasteiger charge is 1.94. The fourth-order valence-electron chi connectivity index (χ4n) is 1.78. The summed E-state index contributed by atoms with van der Waals surface area (Å²) in [4.78, 5) is 8.53. The maximum atomic E-state index is 4.27. The first-order valence-electron chi connectivity index (χ1n) is 6.66. The molecule has 0 aliphatic carbocycles. The molecule has 0 spiro atoms. The van der Waals surface area contributed by atoms with Gasteiger partial charge in [-0.2, -0.15) is 0 Å². The van der Waals surface area contributed by atoms with Crippen LogP contribution in [-0.2, 0) is 13.1 Å². The zero-order valence-electron chi connectivity index (χ0n) is 11.0. The van der Waals surface area contributed by atoms with Gasteiger partial charge in [-0.1, -0.05) is 12.1 Å². The molecule has 2 aromatic rings. The summed E-state index contributed by atoms with van der Waals surface area (Å²) in [6.07, 6.45) is 4.75. The topological polar surface area (TPSA) is 49.8 Å². The van der Waals surface area contributed by atoms with Crippen molar-refractivity contribution in [1.82, 2.24) is 20.6 Å². The summed E-state index contributed by atoms with van der Waals surface area (Å²) >= 11 is 0. The van der Waals surface area contributed by atoms with Gasteiger partial charge in [-0.25, -0.2) is 0 Å². The third-order valence-corrected chi connectivity index (χ3v) is 2.77. The van der Waals surface area contributed by atoms with Gasteiger partial charge in [-0.05, 0) is 43.8 Å². The summed E-state index contributed by atoms with van der Waals surface area (Å²) in [7, 11) is 0. The van der Waals surface area contributed by atoms with E-state index in [9.17, 15) is 0 Å².